The van der Waals surface area contributed by atoms with E-state index in [2.05, 4.69) is 0 Å². The molecule has 0 saturated heterocycles. The smallest absolute Gasteiger partial charge is 0.155 e. The van der Waals surface area contributed by atoms with Gasteiger partial charge in [-0.25, -0.2) is 0 Å². The summed E-state index contributed by atoms with van der Waals surface area (Å²) in [5.74, 6) is 0. The number of halogens is 4. The van der Waals surface area contributed by atoms with Crippen molar-refractivity contribution in [2.45, 2.75) is 0 Å². The molecule has 0 aliphatic rings. The maximum absolute atomic E-state index is 5.50. The Bertz CT molecular complexity index is 36.2. The second kappa shape index (κ2) is 4.67. The van der Waals surface area contributed by atoms with Gasteiger partial charge in [-0.2, -0.15) is 44.3 Å². The topological polar surface area (TPSA) is 0 Å². The summed E-state index contributed by atoms with van der Waals surface area (Å²) in [6.45, 7) is -2.69. The fourth-order valence-electron chi connectivity index (χ4n) is 0.135. The van der Waals surface area contributed by atoms with Gasteiger partial charge < -0.3 is 0 Å². The molecule has 0 nitrogen and oxygen atoms in total. The van der Waals surface area contributed by atoms with Crippen LogP contribution < -0.4 is 0 Å². The molecule has 0 radical (unpaired) electrons. The lowest BCUT2D eigenvalue weighted by molar-refractivity contribution is 3.78. The molecule has 0 fully saturated rings. The Morgan fingerprint density at radius 1 is 0.857 bits per heavy atom. The van der Waals surface area contributed by atoms with E-state index < -0.39 is 13.9 Å². The van der Waals surface area contributed by atoms with Crippen LogP contribution in [-0.4, -0.2) is 22.4 Å². The molecule has 0 aliphatic heterocycles. The molecule has 0 atom stereocenters. The zero-order valence-corrected chi connectivity index (χ0v) is 10.1. The molecule has 0 rings (SSSR count). The van der Waals surface area contributed by atoms with Crippen molar-refractivity contribution in [1.29, 1.82) is 0 Å². The lowest BCUT2D eigenvalue weighted by atomic mass is 26.6. The molecule has 0 N–H and O–H groups in total. The summed E-state index contributed by atoms with van der Waals surface area (Å²) < 4.78 is 0. The fraction of sp³-hybridized carbons (Fsp3) is 0. The van der Waals surface area contributed by atoms with Crippen LogP contribution >= 0.6 is 44.3 Å². The van der Waals surface area contributed by atoms with Crippen molar-refractivity contribution in [3.8, 4) is 0 Å². The summed E-state index contributed by atoms with van der Waals surface area (Å²) in [4.78, 5) is 0. The van der Waals surface area contributed by atoms with Crippen LogP contribution in [0.1, 0.15) is 0 Å². The SMILES string of the molecule is Cl[SiH](Cl)[SiH2][SiH](Cl)Cl. The molecule has 0 saturated carbocycles. The molecule has 0 aromatic carbocycles. The van der Waals surface area contributed by atoms with Crippen LogP contribution in [0.25, 0.3) is 0 Å². The molecule has 0 bridgehead atoms. The summed E-state index contributed by atoms with van der Waals surface area (Å²) in [7, 11) is -0.380. The van der Waals surface area contributed by atoms with Gasteiger partial charge in [0.2, 0.25) is 13.9 Å². The van der Waals surface area contributed by atoms with E-state index in [9.17, 15) is 0 Å². The van der Waals surface area contributed by atoms with Crippen LogP contribution in [0.2, 0.25) is 0 Å². The van der Waals surface area contributed by atoms with E-state index in [1.54, 1.807) is 0 Å². The van der Waals surface area contributed by atoms with Crippen LogP contribution in [0, 0.1) is 0 Å². The molecule has 0 aliphatic carbocycles. The van der Waals surface area contributed by atoms with E-state index >= 15 is 0 Å². The van der Waals surface area contributed by atoms with E-state index in [4.69, 9.17) is 44.3 Å². The number of rotatable bonds is 2. The van der Waals surface area contributed by atoms with Crippen molar-refractivity contribution < 1.29 is 0 Å². The lowest BCUT2D eigenvalue weighted by Crippen LogP contribution is -2.18. The lowest BCUT2D eigenvalue weighted by Gasteiger charge is -1.92. The third-order valence-corrected chi connectivity index (χ3v) is 28.9. The van der Waals surface area contributed by atoms with Gasteiger partial charge in [0, 0.05) is 0 Å². The first-order valence-corrected chi connectivity index (χ1v) is 15.2. The highest BCUT2D eigenvalue weighted by Gasteiger charge is 2.10. The highest BCUT2D eigenvalue weighted by atomic mass is 35.7. The largest absolute Gasteiger partial charge is 0.218 e. The van der Waals surface area contributed by atoms with Crippen LogP contribution in [0.3, 0.4) is 0 Å². The minimum atomic E-state index is -1.35. The normalized spacial score (nSPS) is 11.1. The molecule has 7 heavy (non-hydrogen) atoms. The minimum Gasteiger partial charge on any atom is -0.155 e. The summed E-state index contributed by atoms with van der Waals surface area (Å²) in [6.07, 6.45) is 0. The van der Waals surface area contributed by atoms with Gasteiger partial charge in [0.1, 0.15) is 0 Å². The van der Waals surface area contributed by atoms with Crippen molar-refractivity contribution in [2.24, 2.45) is 0 Å². The van der Waals surface area contributed by atoms with Gasteiger partial charge in [-0.3, -0.25) is 0 Å². The Kier molecular flexibility index (Phi) is 5.87. The fourth-order valence-corrected chi connectivity index (χ4v) is 32.7. The first kappa shape index (κ1) is 8.81. The Balaban J connectivity index is 2.95. The van der Waals surface area contributed by atoms with E-state index in [0.717, 1.165) is 0 Å². The van der Waals surface area contributed by atoms with Gasteiger partial charge in [-0.05, 0) is 0 Å². The van der Waals surface area contributed by atoms with Crippen molar-refractivity contribution in [3.63, 3.8) is 0 Å². The van der Waals surface area contributed by atoms with Crippen molar-refractivity contribution >= 4 is 66.7 Å². The summed E-state index contributed by atoms with van der Waals surface area (Å²) in [5, 5.41) is 0. The zero-order chi connectivity index (χ0) is 5.86. The zero-order valence-electron chi connectivity index (χ0n) is 3.37. The molecule has 0 heterocycles. The van der Waals surface area contributed by atoms with Gasteiger partial charge in [0.25, 0.3) is 0 Å². The summed E-state index contributed by atoms with van der Waals surface area (Å²) >= 11 is 22.0. The van der Waals surface area contributed by atoms with Gasteiger partial charge in [-0.1, -0.05) is 0 Å². The molecule has 0 aromatic heterocycles. The molecule has 0 aromatic rings. The highest BCUT2D eigenvalue weighted by Crippen LogP contribution is 2.00. The van der Waals surface area contributed by atoms with Gasteiger partial charge in [-0.15, -0.1) is 0 Å². The molecule has 7 heteroatoms. The third-order valence-electron chi connectivity index (χ3n) is 0.356. The Hall–Kier alpha value is 1.81. The monoisotopic (exact) mass is 228 g/mol. The number of hydrogen-bond donors (Lipinski definition) is 0. The predicted octanol–water partition coefficient (Wildman–Crippen LogP) is 0.545. The maximum atomic E-state index is 5.50. The van der Waals surface area contributed by atoms with Gasteiger partial charge >= 0.3 is 0 Å². The van der Waals surface area contributed by atoms with Crippen LogP contribution in [0.5, 0.6) is 0 Å². The first-order chi connectivity index (χ1) is 3.13. The molecule has 0 spiro atoms. The first-order valence-electron chi connectivity index (χ1n) is 1.69. The van der Waals surface area contributed by atoms with E-state index in [-0.39, 0.29) is 8.55 Å². The van der Waals surface area contributed by atoms with Crippen LogP contribution in [0.15, 0.2) is 0 Å². The highest BCUT2D eigenvalue weighted by molar-refractivity contribution is 7.78. The second-order valence-electron chi connectivity index (χ2n) is 1.02. The summed E-state index contributed by atoms with van der Waals surface area (Å²) in [5.41, 5.74) is 0. The minimum absolute atomic E-state index is 0.380. The Morgan fingerprint density at radius 2 is 1.14 bits per heavy atom. The van der Waals surface area contributed by atoms with E-state index in [0.29, 0.717) is 0 Å². The van der Waals surface area contributed by atoms with Crippen molar-refractivity contribution in [2.75, 3.05) is 0 Å². The summed E-state index contributed by atoms with van der Waals surface area (Å²) in [6, 6.07) is 0. The van der Waals surface area contributed by atoms with E-state index in [1.165, 1.54) is 0 Å². The maximum Gasteiger partial charge on any atom is 0.218 e. The molecular weight excluding hydrogens is 226 g/mol. The van der Waals surface area contributed by atoms with Gasteiger partial charge in [0.05, 0.1) is 8.55 Å². The average molecular weight is 230 g/mol. The van der Waals surface area contributed by atoms with E-state index in [1.807, 2.05) is 0 Å². The molecule has 0 amide bonds. The van der Waals surface area contributed by atoms with Crippen LogP contribution in [0.4, 0.5) is 0 Å². The van der Waals surface area contributed by atoms with Crippen molar-refractivity contribution in [1.82, 2.24) is 0 Å². The van der Waals surface area contributed by atoms with Crippen LogP contribution in [-0.2, 0) is 0 Å². The molecule has 44 valence electrons. The van der Waals surface area contributed by atoms with Gasteiger partial charge in [0.15, 0.2) is 0 Å². The average Bonchev–Trinajstić information content (AvgIpc) is 1.27. The predicted molar refractivity (Wildman–Crippen MR) is 46.3 cm³/mol. The second-order valence-corrected chi connectivity index (χ2v) is 27.5. The third kappa shape index (κ3) is 7.81. The molecular formula is H4Cl4Si3. The molecule has 0 unspecified atom stereocenters. The Morgan fingerprint density at radius 3 is 1.14 bits per heavy atom. The standard InChI is InChI=1S/Cl4H4Si3/c1-6(2)5-7(3)4/h6-7H,5H2. The number of hydrogen-bond acceptors (Lipinski definition) is 0. The van der Waals surface area contributed by atoms with Crippen molar-refractivity contribution in [3.05, 3.63) is 0 Å². The Labute approximate surface area is 66.5 Å². The quantitative estimate of drug-likeness (QED) is 0.480.